The molecule has 124 valence electrons. The second kappa shape index (κ2) is 6.27. The second-order valence-electron chi connectivity index (χ2n) is 6.23. The van der Waals surface area contributed by atoms with Crippen molar-refractivity contribution in [3.8, 4) is 10.7 Å². The fourth-order valence-corrected chi connectivity index (χ4v) is 4.86. The molecule has 3 aromatic heterocycles. The van der Waals surface area contributed by atoms with Crippen molar-refractivity contribution in [3.63, 3.8) is 0 Å². The van der Waals surface area contributed by atoms with Gasteiger partial charge in [0.2, 0.25) is 0 Å². The number of thiophene rings is 2. The van der Waals surface area contributed by atoms with E-state index in [2.05, 4.69) is 29.8 Å². The maximum atomic E-state index is 12.5. The maximum absolute atomic E-state index is 12.5. The van der Waals surface area contributed by atoms with Crippen LogP contribution < -0.4 is 5.56 Å². The molecule has 1 aliphatic rings. The van der Waals surface area contributed by atoms with Crippen LogP contribution in [0.15, 0.2) is 28.4 Å². The Balaban J connectivity index is 1.58. The summed E-state index contributed by atoms with van der Waals surface area (Å²) < 4.78 is 0. The zero-order valence-corrected chi connectivity index (χ0v) is 15.4. The van der Waals surface area contributed by atoms with Crippen molar-refractivity contribution in [1.82, 2.24) is 14.9 Å². The number of H-pyrrole nitrogens is 1. The minimum Gasteiger partial charge on any atom is -0.306 e. The van der Waals surface area contributed by atoms with E-state index in [0.717, 1.165) is 35.6 Å². The molecule has 0 aliphatic carbocycles. The quantitative estimate of drug-likeness (QED) is 0.777. The van der Waals surface area contributed by atoms with Crippen LogP contribution in [0.5, 0.6) is 0 Å². The van der Waals surface area contributed by atoms with Gasteiger partial charge in [-0.2, -0.15) is 0 Å². The molecule has 6 heteroatoms. The number of aryl methyl sites for hydroxylation is 2. The third kappa shape index (κ3) is 2.97. The lowest BCUT2D eigenvalue weighted by Crippen LogP contribution is -2.35. The third-order valence-electron chi connectivity index (χ3n) is 4.50. The van der Waals surface area contributed by atoms with E-state index in [0.29, 0.717) is 12.4 Å². The molecule has 24 heavy (non-hydrogen) atoms. The van der Waals surface area contributed by atoms with Crippen LogP contribution >= 0.6 is 22.7 Å². The smallest absolute Gasteiger partial charge is 0.255 e. The summed E-state index contributed by atoms with van der Waals surface area (Å²) in [4.78, 5) is 26.3. The van der Waals surface area contributed by atoms with E-state index in [9.17, 15) is 4.79 Å². The second-order valence-corrected chi connectivity index (χ2v) is 8.52. The lowest BCUT2D eigenvalue weighted by atomic mass is 10.1. The highest BCUT2D eigenvalue weighted by Crippen LogP contribution is 2.25. The van der Waals surface area contributed by atoms with Crippen LogP contribution in [0.4, 0.5) is 0 Å². The van der Waals surface area contributed by atoms with Crippen LogP contribution in [0, 0.1) is 13.8 Å². The molecule has 0 spiro atoms. The molecule has 1 N–H and O–H groups in total. The van der Waals surface area contributed by atoms with Gasteiger partial charge in [-0.15, -0.1) is 22.7 Å². The topological polar surface area (TPSA) is 49.0 Å². The summed E-state index contributed by atoms with van der Waals surface area (Å²) in [5, 5.41) is 2.00. The average Bonchev–Trinajstić information content (AvgIpc) is 3.19. The molecule has 4 rings (SSSR count). The molecular formula is C18H19N3OS2. The first-order chi connectivity index (χ1) is 11.6. The van der Waals surface area contributed by atoms with Crippen LogP contribution in [0.2, 0.25) is 0 Å². The number of hydrogen-bond acceptors (Lipinski definition) is 5. The van der Waals surface area contributed by atoms with E-state index in [-0.39, 0.29) is 5.56 Å². The van der Waals surface area contributed by atoms with Crippen molar-refractivity contribution in [2.24, 2.45) is 0 Å². The lowest BCUT2D eigenvalue weighted by molar-refractivity contribution is 0.244. The van der Waals surface area contributed by atoms with Gasteiger partial charge in [0.15, 0.2) is 5.82 Å². The van der Waals surface area contributed by atoms with Crippen LogP contribution in [0.25, 0.3) is 10.7 Å². The van der Waals surface area contributed by atoms with Gasteiger partial charge in [0.05, 0.1) is 16.1 Å². The van der Waals surface area contributed by atoms with Gasteiger partial charge in [0, 0.05) is 35.8 Å². The van der Waals surface area contributed by atoms with E-state index in [1.54, 1.807) is 11.3 Å². The lowest BCUT2D eigenvalue weighted by Gasteiger charge is -2.27. The number of fused-ring (bicyclic) bond motifs is 1. The fraction of sp³-hybridized carbons (Fsp3) is 0.333. The van der Waals surface area contributed by atoms with E-state index < -0.39 is 0 Å². The van der Waals surface area contributed by atoms with Gasteiger partial charge in [0.25, 0.3) is 5.56 Å². The number of nitrogens with zero attached hydrogens (tertiary/aromatic N) is 2. The molecule has 0 fully saturated rings. The van der Waals surface area contributed by atoms with Gasteiger partial charge in [-0.05, 0) is 36.9 Å². The fourth-order valence-electron chi connectivity index (χ4n) is 3.09. The van der Waals surface area contributed by atoms with Gasteiger partial charge < -0.3 is 4.98 Å². The van der Waals surface area contributed by atoms with Gasteiger partial charge in [-0.1, -0.05) is 6.07 Å². The summed E-state index contributed by atoms with van der Waals surface area (Å²) in [6.45, 7) is 6.85. The highest BCUT2D eigenvalue weighted by atomic mass is 32.1. The Bertz CT molecular complexity index is 905. The highest BCUT2D eigenvalue weighted by molar-refractivity contribution is 7.13. The molecule has 0 bridgehead atoms. The summed E-state index contributed by atoms with van der Waals surface area (Å²) in [6, 6.07) is 6.23. The van der Waals surface area contributed by atoms with Crippen molar-refractivity contribution in [2.45, 2.75) is 33.4 Å². The maximum Gasteiger partial charge on any atom is 0.255 e. The minimum atomic E-state index is 0.00615. The number of hydrogen-bond donors (Lipinski definition) is 1. The van der Waals surface area contributed by atoms with Crippen molar-refractivity contribution >= 4 is 22.7 Å². The average molecular weight is 358 g/mol. The van der Waals surface area contributed by atoms with E-state index in [4.69, 9.17) is 4.98 Å². The largest absolute Gasteiger partial charge is 0.306 e. The Morgan fingerprint density at radius 2 is 2.25 bits per heavy atom. The molecule has 0 aromatic carbocycles. The molecule has 0 amide bonds. The first-order valence-corrected chi connectivity index (χ1v) is 9.74. The minimum absolute atomic E-state index is 0.00615. The monoisotopic (exact) mass is 357 g/mol. The third-order valence-corrected chi connectivity index (χ3v) is 6.51. The van der Waals surface area contributed by atoms with E-state index in [1.165, 1.54) is 15.3 Å². The zero-order valence-electron chi connectivity index (χ0n) is 13.8. The molecule has 0 atom stereocenters. The number of rotatable bonds is 3. The molecule has 4 heterocycles. The van der Waals surface area contributed by atoms with Crippen molar-refractivity contribution in [3.05, 3.63) is 60.5 Å². The predicted octanol–water partition coefficient (Wildman–Crippen LogP) is 3.74. The molecule has 0 saturated carbocycles. The zero-order chi connectivity index (χ0) is 16.7. The Morgan fingerprint density at radius 1 is 1.38 bits per heavy atom. The van der Waals surface area contributed by atoms with Gasteiger partial charge in [-0.3, -0.25) is 9.69 Å². The summed E-state index contributed by atoms with van der Waals surface area (Å²) >= 11 is 3.45. The number of aromatic nitrogens is 2. The molecule has 0 saturated heterocycles. The Kier molecular flexibility index (Phi) is 4.12. The summed E-state index contributed by atoms with van der Waals surface area (Å²) in [6.07, 6.45) is 0.834. The number of aromatic amines is 1. The van der Waals surface area contributed by atoms with Gasteiger partial charge in [-0.25, -0.2) is 4.98 Å². The van der Waals surface area contributed by atoms with Crippen LogP contribution in [-0.4, -0.2) is 21.4 Å². The van der Waals surface area contributed by atoms with Crippen molar-refractivity contribution in [2.75, 3.05) is 6.54 Å². The van der Waals surface area contributed by atoms with Gasteiger partial charge in [0.1, 0.15) is 0 Å². The van der Waals surface area contributed by atoms with Crippen LogP contribution in [0.1, 0.15) is 26.6 Å². The van der Waals surface area contributed by atoms with Crippen LogP contribution in [-0.2, 0) is 19.5 Å². The molecular weight excluding hydrogens is 338 g/mol. The Labute approximate surface area is 148 Å². The van der Waals surface area contributed by atoms with E-state index in [1.807, 2.05) is 28.8 Å². The first kappa shape index (κ1) is 15.7. The standard InChI is InChI=1S/C18H19N3OS2/c1-11-8-13(24-12(11)2)9-21-6-5-15-14(10-21)18(22)20-17(19-15)16-4-3-7-23-16/h3-4,7-8H,5-6,9-10H2,1-2H3,(H,19,20,22). The van der Waals surface area contributed by atoms with Gasteiger partial charge >= 0.3 is 0 Å². The normalized spacial score (nSPS) is 14.8. The number of nitrogens with one attached hydrogen (secondary N) is 1. The van der Waals surface area contributed by atoms with Crippen molar-refractivity contribution in [1.29, 1.82) is 0 Å². The first-order valence-electron chi connectivity index (χ1n) is 8.04. The molecule has 0 unspecified atom stereocenters. The Morgan fingerprint density at radius 3 is 2.96 bits per heavy atom. The SMILES string of the molecule is Cc1cc(CN2CCc3nc(-c4cccs4)[nH]c(=O)c3C2)sc1C. The molecule has 1 aliphatic heterocycles. The highest BCUT2D eigenvalue weighted by Gasteiger charge is 2.22. The van der Waals surface area contributed by atoms with Crippen molar-refractivity contribution < 1.29 is 0 Å². The molecule has 3 aromatic rings. The Hall–Kier alpha value is -1.76. The summed E-state index contributed by atoms with van der Waals surface area (Å²) in [5.74, 6) is 0.701. The molecule has 0 radical (unpaired) electrons. The summed E-state index contributed by atoms with van der Waals surface area (Å²) in [7, 11) is 0. The van der Waals surface area contributed by atoms with Crippen LogP contribution in [0.3, 0.4) is 0 Å². The summed E-state index contributed by atoms with van der Waals surface area (Å²) in [5.41, 5.74) is 3.14. The molecule has 4 nitrogen and oxygen atoms in total. The van der Waals surface area contributed by atoms with E-state index >= 15 is 0 Å². The predicted molar refractivity (Wildman–Crippen MR) is 99.8 cm³/mol.